The van der Waals surface area contributed by atoms with E-state index in [0.29, 0.717) is 17.2 Å². The van der Waals surface area contributed by atoms with Crippen LogP contribution in [-0.2, 0) is 9.59 Å². The monoisotopic (exact) mass is 289 g/mol. The van der Waals surface area contributed by atoms with Crippen molar-refractivity contribution in [1.82, 2.24) is 10.3 Å². The number of hydrogen-bond acceptors (Lipinski definition) is 4. The summed E-state index contributed by atoms with van der Waals surface area (Å²) in [5.41, 5.74) is 1.44. The minimum absolute atomic E-state index is 0.0659. The summed E-state index contributed by atoms with van der Waals surface area (Å²) in [5.74, 6) is 0.119. The molecule has 1 heterocycles. The molecule has 0 atom stereocenters. The summed E-state index contributed by atoms with van der Waals surface area (Å²) in [6.45, 7) is 7.07. The number of nitrogens with zero attached hydrogens (tertiary/aromatic N) is 1. The third-order valence-corrected chi connectivity index (χ3v) is 2.87. The van der Waals surface area contributed by atoms with Gasteiger partial charge in [-0.15, -0.1) is 0 Å². The molecule has 0 radical (unpaired) electrons. The third-order valence-electron chi connectivity index (χ3n) is 2.87. The van der Waals surface area contributed by atoms with Crippen molar-refractivity contribution in [3.63, 3.8) is 0 Å². The topological polar surface area (TPSA) is 84.2 Å². The average molecular weight is 289 g/mol. The summed E-state index contributed by atoms with van der Waals surface area (Å²) in [6, 6.07) is 5.22. The van der Waals surface area contributed by atoms with E-state index >= 15 is 0 Å². The number of benzene rings is 1. The van der Waals surface area contributed by atoms with Crippen LogP contribution in [-0.4, -0.2) is 23.3 Å². The van der Waals surface area contributed by atoms with Crippen LogP contribution in [0.25, 0.3) is 11.1 Å². The maximum absolute atomic E-state index is 11.8. The molecule has 2 aromatic rings. The predicted octanol–water partition coefficient (Wildman–Crippen LogP) is 2.24. The maximum atomic E-state index is 11.8. The van der Waals surface area contributed by atoms with E-state index in [1.54, 1.807) is 45.9 Å². The number of anilines is 1. The molecule has 6 heteroatoms. The first kappa shape index (κ1) is 15.0. The Morgan fingerprint density at radius 1 is 1.29 bits per heavy atom. The SMILES string of the molecule is Cc1nc2ccc(NC(=O)CNC(=O)C(C)(C)C)cc2o1. The van der Waals surface area contributed by atoms with Crippen molar-refractivity contribution in [2.24, 2.45) is 5.41 Å². The molecule has 0 spiro atoms. The summed E-state index contributed by atoms with van der Waals surface area (Å²) in [4.78, 5) is 27.7. The van der Waals surface area contributed by atoms with Gasteiger partial charge in [0.05, 0.1) is 6.54 Å². The summed E-state index contributed by atoms with van der Waals surface area (Å²) < 4.78 is 5.40. The first-order valence-corrected chi connectivity index (χ1v) is 6.71. The van der Waals surface area contributed by atoms with E-state index in [4.69, 9.17) is 4.42 Å². The summed E-state index contributed by atoms with van der Waals surface area (Å²) >= 11 is 0. The number of rotatable bonds is 3. The van der Waals surface area contributed by atoms with E-state index in [1.165, 1.54) is 0 Å². The largest absolute Gasteiger partial charge is 0.441 e. The molecule has 1 aromatic carbocycles. The lowest BCUT2D eigenvalue weighted by atomic mass is 9.96. The number of nitrogens with one attached hydrogen (secondary N) is 2. The second-order valence-corrected chi connectivity index (χ2v) is 5.90. The molecule has 112 valence electrons. The van der Waals surface area contributed by atoms with E-state index in [1.807, 2.05) is 0 Å². The van der Waals surface area contributed by atoms with Crippen molar-refractivity contribution in [2.45, 2.75) is 27.7 Å². The minimum Gasteiger partial charge on any atom is -0.441 e. The molecule has 2 rings (SSSR count). The molecule has 1 aromatic heterocycles. The number of amides is 2. The van der Waals surface area contributed by atoms with Crippen molar-refractivity contribution in [3.05, 3.63) is 24.1 Å². The zero-order valence-corrected chi connectivity index (χ0v) is 12.6. The predicted molar refractivity (Wildman–Crippen MR) is 79.8 cm³/mol. The van der Waals surface area contributed by atoms with Gasteiger partial charge in [-0.3, -0.25) is 9.59 Å². The molecule has 0 unspecified atom stereocenters. The van der Waals surface area contributed by atoms with Crippen molar-refractivity contribution in [3.8, 4) is 0 Å². The van der Waals surface area contributed by atoms with Crippen LogP contribution in [0, 0.1) is 12.3 Å². The van der Waals surface area contributed by atoms with Gasteiger partial charge in [0.15, 0.2) is 11.5 Å². The molecule has 0 fully saturated rings. The fraction of sp³-hybridized carbons (Fsp3) is 0.400. The lowest BCUT2D eigenvalue weighted by molar-refractivity contribution is -0.130. The number of oxazole rings is 1. The Labute approximate surface area is 122 Å². The number of aromatic nitrogens is 1. The molecule has 0 aliphatic rings. The molecule has 2 amide bonds. The van der Waals surface area contributed by atoms with E-state index in [9.17, 15) is 9.59 Å². The summed E-state index contributed by atoms with van der Waals surface area (Å²) in [6.07, 6.45) is 0. The summed E-state index contributed by atoms with van der Waals surface area (Å²) in [5, 5.41) is 5.31. The molecule has 21 heavy (non-hydrogen) atoms. The molecule has 6 nitrogen and oxygen atoms in total. The Bertz CT molecular complexity index is 683. The molecular formula is C15H19N3O3. The lowest BCUT2D eigenvalue weighted by Gasteiger charge is -2.17. The fourth-order valence-corrected chi connectivity index (χ4v) is 1.75. The first-order valence-electron chi connectivity index (χ1n) is 6.71. The number of hydrogen-bond donors (Lipinski definition) is 2. The second kappa shape index (κ2) is 5.55. The molecule has 0 saturated heterocycles. The normalized spacial score (nSPS) is 11.4. The van der Waals surface area contributed by atoms with Crippen LogP contribution < -0.4 is 10.6 Å². The average Bonchev–Trinajstić information content (AvgIpc) is 2.74. The van der Waals surface area contributed by atoms with Gasteiger partial charge in [-0.1, -0.05) is 20.8 Å². The Kier molecular flexibility index (Phi) is 3.97. The van der Waals surface area contributed by atoms with Crippen LogP contribution in [0.3, 0.4) is 0 Å². The quantitative estimate of drug-likeness (QED) is 0.907. The molecule has 0 aliphatic carbocycles. The van der Waals surface area contributed by atoms with E-state index in [-0.39, 0.29) is 18.4 Å². The van der Waals surface area contributed by atoms with Crippen molar-refractivity contribution in [1.29, 1.82) is 0 Å². The van der Waals surface area contributed by atoms with Gasteiger partial charge in [0.2, 0.25) is 11.8 Å². The smallest absolute Gasteiger partial charge is 0.243 e. The molecular weight excluding hydrogens is 270 g/mol. The van der Waals surface area contributed by atoms with E-state index < -0.39 is 5.41 Å². The highest BCUT2D eigenvalue weighted by Gasteiger charge is 2.21. The molecule has 0 saturated carbocycles. The Morgan fingerprint density at radius 3 is 2.67 bits per heavy atom. The van der Waals surface area contributed by atoms with Crippen LogP contribution in [0.15, 0.2) is 22.6 Å². The Morgan fingerprint density at radius 2 is 2.00 bits per heavy atom. The van der Waals surface area contributed by atoms with Crippen LogP contribution >= 0.6 is 0 Å². The van der Waals surface area contributed by atoms with Crippen molar-refractivity contribution < 1.29 is 14.0 Å². The highest BCUT2D eigenvalue weighted by Crippen LogP contribution is 2.19. The van der Waals surface area contributed by atoms with Gasteiger partial charge in [-0.2, -0.15) is 0 Å². The third kappa shape index (κ3) is 3.81. The highest BCUT2D eigenvalue weighted by molar-refractivity contribution is 5.96. The van der Waals surface area contributed by atoms with Crippen LogP contribution in [0.4, 0.5) is 5.69 Å². The molecule has 0 aliphatic heterocycles. The van der Waals surface area contributed by atoms with Gasteiger partial charge in [0, 0.05) is 24.1 Å². The Hall–Kier alpha value is -2.37. The van der Waals surface area contributed by atoms with Gasteiger partial charge >= 0.3 is 0 Å². The maximum Gasteiger partial charge on any atom is 0.243 e. The molecule has 2 N–H and O–H groups in total. The number of carbonyl (C=O) groups is 2. The standard InChI is InChI=1S/C15H19N3O3/c1-9-17-11-6-5-10(7-12(11)21-9)18-13(19)8-16-14(20)15(2,3)4/h5-7H,8H2,1-4H3,(H,16,20)(H,18,19). The van der Waals surface area contributed by atoms with Crippen LogP contribution in [0.1, 0.15) is 26.7 Å². The Balaban J connectivity index is 1.96. The number of carbonyl (C=O) groups excluding carboxylic acids is 2. The zero-order chi connectivity index (χ0) is 15.6. The van der Waals surface area contributed by atoms with E-state index in [0.717, 1.165) is 5.52 Å². The number of aryl methyl sites for hydroxylation is 1. The van der Waals surface area contributed by atoms with Gasteiger partial charge in [0.25, 0.3) is 0 Å². The minimum atomic E-state index is -0.517. The first-order chi connectivity index (χ1) is 9.75. The van der Waals surface area contributed by atoms with Crippen molar-refractivity contribution >= 4 is 28.6 Å². The van der Waals surface area contributed by atoms with Crippen LogP contribution in [0.2, 0.25) is 0 Å². The van der Waals surface area contributed by atoms with E-state index in [2.05, 4.69) is 15.6 Å². The number of fused-ring (bicyclic) bond motifs is 1. The van der Waals surface area contributed by atoms with Gasteiger partial charge in [-0.25, -0.2) is 4.98 Å². The second-order valence-electron chi connectivity index (χ2n) is 5.90. The van der Waals surface area contributed by atoms with Gasteiger partial charge in [0.1, 0.15) is 5.52 Å². The van der Waals surface area contributed by atoms with Crippen molar-refractivity contribution in [2.75, 3.05) is 11.9 Å². The van der Waals surface area contributed by atoms with Gasteiger partial charge < -0.3 is 15.1 Å². The fourth-order valence-electron chi connectivity index (χ4n) is 1.75. The zero-order valence-electron chi connectivity index (χ0n) is 12.6. The lowest BCUT2D eigenvalue weighted by Crippen LogP contribution is -2.39. The molecule has 0 bridgehead atoms. The van der Waals surface area contributed by atoms with Crippen LogP contribution in [0.5, 0.6) is 0 Å². The van der Waals surface area contributed by atoms with Gasteiger partial charge in [-0.05, 0) is 12.1 Å². The highest BCUT2D eigenvalue weighted by atomic mass is 16.3. The summed E-state index contributed by atoms with van der Waals surface area (Å²) in [7, 11) is 0.